The highest BCUT2D eigenvalue weighted by atomic mass is 79.9. The summed E-state index contributed by atoms with van der Waals surface area (Å²) >= 11 is 2.94. The van der Waals surface area contributed by atoms with Gasteiger partial charge in [0.25, 0.3) is 5.69 Å². The van der Waals surface area contributed by atoms with Crippen LogP contribution < -0.4 is 0 Å². The average Bonchev–Trinajstić information content (AvgIpc) is 2.16. The maximum absolute atomic E-state index is 10.5. The zero-order chi connectivity index (χ0) is 10.7. The van der Waals surface area contributed by atoms with Gasteiger partial charge in [-0.1, -0.05) is 0 Å². The van der Waals surface area contributed by atoms with Gasteiger partial charge >= 0.3 is 0 Å². The molecule has 0 fully saturated rings. The Kier molecular flexibility index (Phi) is 3.08. The molecule has 0 bridgehead atoms. The molecule has 1 rings (SSSR count). The zero-order valence-electron chi connectivity index (χ0n) is 6.77. The quantitative estimate of drug-likeness (QED) is 0.471. The van der Waals surface area contributed by atoms with E-state index < -0.39 is 4.92 Å². The van der Waals surface area contributed by atoms with Gasteiger partial charge in [0.15, 0.2) is 12.6 Å². The molecule has 0 aliphatic heterocycles. The lowest BCUT2D eigenvalue weighted by Gasteiger charge is -1.99. The molecule has 0 amide bonds. The van der Waals surface area contributed by atoms with E-state index in [4.69, 9.17) is 0 Å². The Bertz CT molecular complexity index is 416. The Labute approximate surface area is 87.0 Å². The van der Waals surface area contributed by atoms with Crippen LogP contribution in [0.3, 0.4) is 0 Å². The maximum Gasteiger partial charge on any atom is 0.284 e. The van der Waals surface area contributed by atoms with E-state index in [-0.39, 0.29) is 21.3 Å². The highest BCUT2D eigenvalue weighted by Gasteiger charge is 2.15. The van der Waals surface area contributed by atoms with E-state index in [1.54, 1.807) is 0 Å². The summed E-state index contributed by atoms with van der Waals surface area (Å²) in [5, 5.41) is 10.5. The smallest absolute Gasteiger partial charge is 0.284 e. The van der Waals surface area contributed by atoms with Crippen LogP contribution in [0.2, 0.25) is 0 Å². The van der Waals surface area contributed by atoms with Crippen LogP contribution in [-0.2, 0) is 0 Å². The van der Waals surface area contributed by atoms with Gasteiger partial charge in [0.1, 0.15) is 0 Å². The van der Waals surface area contributed by atoms with Crippen molar-refractivity contribution in [2.75, 3.05) is 0 Å². The molecule has 1 aromatic carbocycles. The Morgan fingerprint density at radius 2 is 1.71 bits per heavy atom. The van der Waals surface area contributed by atoms with Gasteiger partial charge in [0, 0.05) is 17.2 Å². The predicted octanol–water partition coefficient (Wildman–Crippen LogP) is 1.98. The molecule has 0 aliphatic rings. The second kappa shape index (κ2) is 4.10. The summed E-state index contributed by atoms with van der Waals surface area (Å²) in [5.41, 5.74) is -0.106. The standard InChI is InChI=1S/C8H4BrNO4/c9-7-1-5(3-11)6(4-12)2-8(7)10(13)14/h1-4H. The number of aldehydes is 2. The van der Waals surface area contributed by atoms with E-state index in [9.17, 15) is 19.7 Å². The van der Waals surface area contributed by atoms with Gasteiger partial charge in [-0.3, -0.25) is 19.7 Å². The van der Waals surface area contributed by atoms with Crippen molar-refractivity contribution in [1.82, 2.24) is 0 Å². The SMILES string of the molecule is O=Cc1cc(Br)c([N+](=O)[O-])cc1C=O. The van der Waals surface area contributed by atoms with E-state index in [0.717, 1.165) is 6.07 Å². The second-order valence-electron chi connectivity index (χ2n) is 2.43. The summed E-state index contributed by atoms with van der Waals surface area (Å²) in [5.74, 6) is 0. The van der Waals surface area contributed by atoms with Crippen molar-refractivity contribution < 1.29 is 14.5 Å². The first-order valence-corrected chi connectivity index (χ1v) is 4.27. The molecule has 0 spiro atoms. The van der Waals surface area contributed by atoms with E-state index in [0.29, 0.717) is 12.6 Å². The first-order chi connectivity index (χ1) is 6.60. The van der Waals surface area contributed by atoms with Crippen LogP contribution in [0.1, 0.15) is 20.7 Å². The molecule has 0 aromatic heterocycles. The number of carbonyl (C=O) groups excluding carboxylic acids is 2. The van der Waals surface area contributed by atoms with E-state index in [1.165, 1.54) is 6.07 Å². The van der Waals surface area contributed by atoms with Gasteiger partial charge in [0.05, 0.1) is 9.40 Å². The molecule has 0 saturated carbocycles. The number of hydrogen-bond acceptors (Lipinski definition) is 4. The molecule has 0 N–H and O–H groups in total. The molecule has 0 heterocycles. The molecular formula is C8H4BrNO4. The lowest BCUT2D eigenvalue weighted by molar-refractivity contribution is -0.385. The average molecular weight is 258 g/mol. The van der Waals surface area contributed by atoms with Crippen molar-refractivity contribution in [3.8, 4) is 0 Å². The maximum atomic E-state index is 10.5. The van der Waals surface area contributed by atoms with Gasteiger partial charge in [-0.2, -0.15) is 0 Å². The fourth-order valence-corrected chi connectivity index (χ4v) is 1.44. The zero-order valence-corrected chi connectivity index (χ0v) is 8.35. The third-order valence-corrected chi connectivity index (χ3v) is 2.24. The number of benzene rings is 1. The van der Waals surface area contributed by atoms with Gasteiger partial charge in [-0.25, -0.2) is 0 Å². The van der Waals surface area contributed by atoms with Crippen LogP contribution in [0.4, 0.5) is 5.69 Å². The van der Waals surface area contributed by atoms with E-state index in [1.807, 2.05) is 0 Å². The van der Waals surface area contributed by atoms with Gasteiger partial charge in [0.2, 0.25) is 0 Å². The lowest BCUT2D eigenvalue weighted by Crippen LogP contribution is -1.96. The van der Waals surface area contributed by atoms with Crippen molar-refractivity contribution >= 4 is 34.2 Å². The summed E-state index contributed by atoms with van der Waals surface area (Å²) in [7, 11) is 0. The van der Waals surface area contributed by atoms with E-state index in [2.05, 4.69) is 15.9 Å². The largest absolute Gasteiger partial charge is 0.298 e. The fourth-order valence-electron chi connectivity index (χ4n) is 0.937. The van der Waals surface area contributed by atoms with Crippen LogP contribution in [-0.4, -0.2) is 17.5 Å². The summed E-state index contributed by atoms with van der Waals surface area (Å²) in [4.78, 5) is 30.8. The van der Waals surface area contributed by atoms with Crippen LogP contribution in [0.5, 0.6) is 0 Å². The number of carbonyl (C=O) groups is 2. The van der Waals surface area contributed by atoms with Crippen LogP contribution >= 0.6 is 15.9 Å². The molecule has 0 radical (unpaired) electrons. The van der Waals surface area contributed by atoms with Crippen molar-refractivity contribution in [3.63, 3.8) is 0 Å². The molecule has 0 saturated heterocycles. The number of rotatable bonds is 3. The van der Waals surface area contributed by atoms with E-state index >= 15 is 0 Å². The number of halogens is 1. The first-order valence-electron chi connectivity index (χ1n) is 3.48. The fraction of sp³-hybridized carbons (Fsp3) is 0. The highest BCUT2D eigenvalue weighted by molar-refractivity contribution is 9.10. The number of nitrogens with zero attached hydrogens (tertiary/aromatic N) is 1. The molecule has 14 heavy (non-hydrogen) atoms. The summed E-state index contributed by atoms with van der Waals surface area (Å²) < 4.78 is 0.176. The van der Waals surface area contributed by atoms with Crippen LogP contribution in [0, 0.1) is 10.1 Å². The van der Waals surface area contributed by atoms with Gasteiger partial charge < -0.3 is 0 Å². The molecular weight excluding hydrogens is 254 g/mol. The van der Waals surface area contributed by atoms with Crippen molar-refractivity contribution in [1.29, 1.82) is 0 Å². The molecule has 1 aromatic rings. The Morgan fingerprint density at radius 1 is 1.21 bits per heavy atom. The third-order valence-electron chi connectivity index (χ3n) is 1.60. The Balaban J connectivity index is 3.44. The monoisotopic (exact) mass is 257 g/mol. The van der Waals surface area contributed by atoms with Crippen LogP contribution in [0.15, 0.2) is 16.6 Å². The molecule has 6 heteroatoms. The number of hydrogen-bond donors (Lipinski definition) is 0. The summed E-state index contributed by atoms with van der Waals surface area (Å²) in [6.45, 7) is 0. The molecule has 0 unspecified atom stereocenters. The van der Waals surface area contributed by atoms with Crippen molar-refractivity contribution in [3.05, 3.63) is 37.8 Å². The summed E-state index contributed by atoms with van der Waals surface area (Å²) in [6.07, 6.45) is 0.876. The van der Waals surface area contributed by atoms with Crippen molar-refractivity contribution in [2.24, 2.45) is 0 Å². The topological polar surface area (TPSA) is 77.3 Å². The van der Waals surface area contributed by atoms with Gasteiger partial charge in [-0.15, -0.1) is 0 Å². The lowest BCUT2D eigenvalue weighted by atomic mass is 10.1. The molecule has 5 nitrogen and oxygen atoms in total. The minimum absolute atomic E-state index is 0.00917. The minimum atomic E-state index is -0.633. The highest BCUT2D eigenvalue weighted by Crippen LogP contribution is 2.27. The Morgan fingerprint density at radius 3 is 2.14 bits per heavy atom. The first kappa shape index (κ1) is 10.5. The minimum Gasteiger partial charge on any atom is -0.298 e. The molecule has 0 aliphatic carbocycles. The second-order valence-corrected chi connectivity index (χ2v) is 3.28. The normalized spacial score (nSPS) is 9.50. The predicted molar refractivity (Wildman–Crippen MR) is 51.6 cm³/mol. The van der Waals surface area contributed by atoms with Gasteiger partial charge in [-0.05, 0) is 22.0 Å². The molecule has 0 atom stereocenters. The molecule has 72 valence electrons. The number of nitro groups is 1. The third kappa shape index (κ3) is 1.85. The van der Waals surface area contributed by atoms with Crippen LogP contribution in [0.25, 0.3) is 0 Å². The number of nitro benzene ring substituents is 1. The van der Waals surface area contributed by atoms with Crippen molar-refractivity contribution in [2.45, 2.75) is 0 Å². The summed E-state index contributed by atoms with van der Waals surface area (Å²) in [6, 6.07) is 2.30. The Hall–Kier alpha value is -1.56.